The van der Waals surface area contributed by atoms with Crippen molar-refractivity contribution in [2.24, 2.45) is 5.92 Å². The van der Waals surface area contributed by atoms with Crippen molar-refractivity contribution in [2.45, 2.75) is 44.9 Å². The summed E-state index contributed by atoms with van der Waals surface area (Å²) in [6.45, 7) is 1.77. The molecule has 27 heavy (non-hydrogen) atoms. The van der Waals surface area contributed by atoms with E-state index in [0.29, 0.717) is 18.0 Å². The van der Waals surface area contributed by atoms with Gasteiger partial charge in [-0.3, -0.25) is 9.59 Å². The minimum absolute atomic E-state index is 0.0189. The number of carboxylic acids is 1. The zero-order valence-corrected chi connectivity index (χ0v) is 16.2. The predicted molar refractivity (Wildman–Crippen MR) is 109 cm³/mol. The highest BCUT2D eigenvalue weighted by Crippen LogP contribution is 2.36. The summed E-state index contributed by atoms with van der Waals surface area (Å²) >= 11 is 1.65. The van der Waals surface area contributed by atoms with Gasteiger partial charge in [-0.15, -0.1) is 11.3 Å². The lowest BCUT2D eigenvalue weighted by molar-refractivity contribution is -0.143. The van der Waals surface area contributed by atoms with E-state index in [2.05, 4.69) is 15.7 Å². The second kappa shape index (κ2) is 8.95. The Morgan fingerprint density at radius 3 is 2.85 bits per heavy atom. The van der Waals surface area contributed by atoms with Crippen molar-refractivity contribution in [1.29, 1.82) is 0 Å². The van der Waals surface area contributed by atoms with Gasteiger partial charge in [-0.05, 0) is 43.0 Å². The van der Waals surface area contributed by atoms with Crippen molar-refractivity contribution in [1.82, 2.24) is 4.98 Å². The lowest BCUT2D eigenvalue weighted by Crippen LogP contribution is -2.21. The van der Waals surface area contributed by atoms with Crippen LogP contribution in [0.1, 0.15) is 61.2 Å². The first-order chi connectivity index (χ1) is 13.0. The number of thiazole rings is 1. The normalized spacial score (nSPS) is 15.4. The van der Waals surface area contributed by atoms with E-state index in [0.717, 1.165) is 10.6 Å². The number of carbonyl (C=O) groups is 2. The fraction of sp³-hybridized carbons (Fsp3) is 0.381. The Kier molecular flexibility index (Phi) is 6.40. The van der Waals surface area contributed by atoms with Crippen LogP contribution in [0, 0.1) is 5.92 Å². The zero-order valence-electron chi connectivity index (χ0n) is 15.4. The van der Waals surface area contributed by atoms with Gasteiger partial charge >= 0.3 is 5.97 Å². The summed E-state index contributed by atoms with van der Waals surface area (Å²) in [6, 6.07) is 7.50. The molecule has 1 amide bonds. The topological polar surface area (TPSA) is 79.3 Å². The molecule has 1 aromatic heterocycles. The van der Waals surface area contributed by atoms with Crippen LogP contribution in [-0.2, 0) is 9.59 Å². The number of hydrogen-bond acceptors (Lipinski definition) is 4. The first kappa shape index (κ1) is 19.3. The van der Waals surface area contributed by atoms with Crippen molar-refractivity contribution < 1.29 is 14.7 Å². The number of carbonyl (C=O) groups excluding carboxylic acids is 1. The minimum atomic E-state index is -0.936. The minimum Gasteiger partial charge on any atom is -0.481 e. The van der Waals surface area contributed by atoms with E-state index in [9.17, 15) is 9.59 Å². The van der Waals surface area contributed by atoms with E-state index >= 15 is 0 Å². The number of rotatable bonds is 8. The fourth-order valence-corrected chi connectivity index (χ4v) is 3.79. The Morgan fingerprint density at radius 1 is 1.37 bits per heavy atom. The Labute approximate surface area is 163 Å². The van der Waals surface area contributed by atoms with E-state index < -0.39 is 11.9 Å². The molecule has 1 atom stereocenters. The van der Waals surface area contributed by atoms with Gasteiger partial charge in [-0.25, -0.2) is 4.98 Å². The Balaban J connectivity index is 1.60. The molecule has 1 fully saturated rings. The number of amides is 1. The van der Waals surface area contributed by atoms with Crippen LogP contribution in [0.5, 0.6) is 0 Å². The largest absolute Gasteiger partial charge is 0.481 e. The van der Waals surface area contributed by atoms with Crippen LogP contribution in [0.4, 0.5) is 5.69 Å². The molecule has 1 unspecified atom stereocenters. The number of aliphatic carboxylic acids is 1. The van der Waals surface area contributed by atoms with Gasteiger partial charge in [0.05, 0.1) is 11.6 Å². The van der Waals surface area contributed by atoms with Crippen molar-refractivity contribution >= 4 is 41.1 Å². The summed E-state index contributed by atoms with van der Waals surface area (Å²) in [6.07, 6.45) is 8.18. The first-order valence-corrected chi connectivity index (χ1v) is 10.2. The third-order valence-electron chi connectivity index (χ3n) is 4.93. The number of nitrogens with zero attached hydrogens (tertiary/aromatic N) is 1. The number of anilines is 1. The molecule has 1 aliphatic carbocycles. The molecule has 1 aliphatic rings. The molecule has 0 spiro atoms. The van der Waals surface area contributed by atoms with Gasteiger partial charge in [0.2, 0.25) is 5.91 Å². The molecule has 0 bridgehead atoms. The molecular formula is C21H24N2O3S. The molecule has 2 aromatic rings. The smallest absolute Gasteiger partial charge is 0.307 e. The monoisotopic (exact) mass is 384 g/mol. The molecule has 0 saturated heterocycles. The second-order valence-electron chi connectivity index (χ2n) is 6.89. The quantitative estimate of drug-likeness (QED) is 0.670. The molecular weight excluding hydrogens is 360 g/mol. The molecule has 6 heteroatoms. The van der Waals surface area contributed by atoms with Crippen molar-refractivity contribution in [3.8, 4) is 0 Å². The Hall–Kier alpha value is -2.47. The number of carboxylic acid groups (broad SMARTS) is 1. The van der Waals surface area contributed by atoms with Crippen LogP contribution in [0.2, 0.25) is 0 Å². The highest BCUT2D eigenvalue weighted by Gasteiger charge is 2.21. The highest BCUT2D eigenvalue weighted by atomic mass is 32.1. The molecule has 5 nitrogen and oxygen atoms in total. The third-order valence-corrected chi connectivity index (χ3v) is 5.75. The van der Waals surface area contributed by atoms with E-state index in [-0.39, 0.29) is 12.3 Å². The number of benzene rings is 1. The predicted octanol–water partition coefficient (Wildman–Crippen LogP) is 5.02. The summed E-state index contributed by atoms with van der Waals surface area (Å²) in [4.78, 5) is 27.8. The summed E-state index contributed by atoms with van der Waals surface area (Å²) in [7, 11) is 0. The van der Waals surface area contributed by atoms with Gasteiger partial charge in [-0.1, -0.05) is 31.6 Å². The second-order valence-corrected chi connectivity index (χ2v) is 7.78. The SMILES string of the molecule is CCC(CC(=O)Nc1cccc(C=Cc2nc(C3CCC3)cs2)c1)C(=O)O. The first-order valence-electron chi connectivity index (χ1n) is 9.31. The van der Waals surface area contributed by atoms with Crippen LogP contribution in [-0.4, -0.2) is 22.0 Å². The molecule has 3 rings (SSSR count). The van der Waals surface area contributed by atoms with Crippen LogP contribution >= 0.6 is 11.3 Å². The molecule has 1 heterocycles. The molecule has 0 radical (unpaired) electrons. The average Bonchev–Trinajstić information content (AvgIpc) is 3.04. The number of aromatic nitrogens is 1. The van der Waals surface area contributed by atoms with E-state index in [1.165, 1.54) is 25.0 Å². The van der Waals surface area contributed by atoms with Gasteiger partial charge in [0.15, 0.2) is 0 Å². The fourth-order valence-electron chi connectivity index (χ4n) is 3.00. The maximum atomic E-state index is 12.1. The summed E-state index contributed by atoms with van der Waals surface area (Å²) in [5, 5.41) is 15.0. The molecule has 0 aliphatic heterocycles. The van der Waals surface area contributed by atoms with Gasteiger partial charge in [-0.2, -0.15) is 0 Å². The third kappa shape index (κ3) is 5.26. The summed E-state index contributed by atoms with van der Waals surface area (Å²) < 4.78 is 0. The van der Waals surface area contributed by atoms with Crippen molar-refractivity contribution in [3.05, 3.63) is 45.9 Å². The van der Waals surface area contributed by atoms with Crippen LogP contribution in [0.25, 0.3) is 12.2 Å². The maximum Gasteiger partial charge on any atom is 0.307 e. The summed E-state index contributed by atoms with van der Waals surface area (Å²) in [5.41, 5.74) is 2.82. The molecule has 1 saturated carbocycles. The van der Waals surface area contributed by atoms with Crippen molar-refractivity contribution in [3.63, 3.8) is 0 Å². The molecule has 142 valence electrons. The van der Waals surface area contributed by atoms with Crippen molar-refractivity contribution in [2.75, 3.05) is 5.32 Å². The average molecular weight is 385 g/mol. The Morgan fingerprint density at radius 2 is 2.19 bits per heavy atom. The Bertz CT molecular complexity index is 839. The van der Waals surface area contributed by atoms with Crippen LogP contribution in [0.15, 0.2) is 29.6 Å². The zero-order chi connectivity index (χ0) is 19.2. The van der Waals surface area contributed by atoms with Gasteiger partial charge in [0, 0.05) is 23.4 Å². The van der Waals surface area contributed by atoms with E-state index in [1.807, 2.05) is 30.4 Å². The van der Waals surface area contributed by atoms with E-state index in [1.54, 1.807) is 24.3 Å². The van der Waals surface area contributed by atoms with Gasteiger partial charge in [0.1, 0.15) is 5.01 Å². The summed E-state index contributed by atoms with van der Waals surface area (Å²) in [5.74, 6) is -1.23. The number of hydrogen-bond donors (Lipinski definition) is 2. The van der Waals surface area contributed by atoms with Gasteiger partial charge in [0.25, 0.3) is 0 Å². The van der Waals surface area contributed by atoms with Gasteiger partial charge < -0.3 is 10.4 Å². The highest BCUT2D eigenvalue weighted by molar-refractivity contribution is 7.10. The molecule has 1 aromatic carbocycles. The van der Waals surface area contributed by atoms with Crippen LogP contribution in [0.3, 0.4) is 0 Å². The van der Waals surface area contributed by atoms with Crippen LogP contribution < -0.4 is 5.32 Å². The lowest BCUT2D eigenvalue weighted by atomic mass is 9.83. The standard InChI is InChI=1S/C21H24N2O3S/c1-2-15(21(25)26)12-19(24)22-17-8-3-5-14(11-17)9-10-20-23-18(13-27-20)16-6-4-7-16/h3,5,8-11,13,15-16H,2,4,6-7,12H2,1H3,(H,22,24)(H,25,26). The van der Waals surface area contributed by atoms with E-state index in [4.69, 9.17) is 5.11 Å². The number of nitrogens with one attached hydrogen (secondary N) is 1. The molecule has 2 N–H and O–H groups in total. The maximum absolute atomic E-state index is 12.1. The lowest BCUT2D eigenvalue weighted by Gasteiger charge is -2.22.